The lowest BCUT2D eigenvalue weighted by molar-refractivity contribution is 0.564. The third-order valence-corrected chi connectivity index (χ3v) is 1.87. The Kier molecular flexibility index (Phi) is 2.76. The predicted molar refractivity (Wildman–Crippen MR) is 52.9 cm³/mol. The molecule has 0 aromatic carbocycles. The molecule has 0 amide bonds. The summed E-state index contributed by atoms with van der Waals surface area (Å²) in [5, 5.41) is 10.8. The first-order valence-electron chi connectivity index (χ1n) is 4.48. The average molecular weight is 189 g/mol. The monoisotopic (exact) mass is 189 g/mol. The third-order valence-electron chi connectivity index (χ3n) is 1.87. The minimum Gasteiger partial charge on any atom is -0.472 e. The Balaban J connectivity index is 1.79. The molecule has 0 spiro atoms. The number of hydrogen-bond donors (Lipinski definition) is 1. The first-order chi connectivity index (χ1) is 6.95. The molecule has 0 aliphatic heterocycles. The second-order valence-corrected chi connectivity index (χ2v) is 2.92. The number of nitrogens with one attached hydrogen (secondary N) is 1. The lowest BCUT2D eigenvalue weighted by Crippen LogP contribution is -2.05. The number of rotatable bonds is 4. The van der Waals surface area contributed by atoms with Gasteiger partial charge in [0.25, 0.3) is 0 Å². The van der Waals surface area contributed by atoms with Gasteiger partial charge in [0.15, 0.2) is 0 Å². The summed E-state index contributed by atoms with van der Waals surface area (Å²) in [6, 6.07) is 5.70. The minimum atomic E-state index is 0.802. The number of aromatic nitrogens is 2. The van der Waals surface area contributed by atoms with Crippen molar-refractivity contribution in [3.05, 3.63) is 42.5 Å². The molecule has 2 heterocycles. The van der Waals surface area contributed by atoms with Crippen LogP contribution >= 0.6 is 0 Å². The summed E-state index contributed by atoms with van der Waals surface area (Å²) in [6.45, 7) is 0.832. The zero-order valence-corrected chi connectivity index (χ0v) is 7.68. The maximum absolute atomic E-state index is 4.96. The molecule has 0 bridgehead atoms. The smallest absolute Gasteiger partial charge is 0.148 e. The van der Waals surface area contributed by atoms with Crippen molar-refractivity contribution in [3.8, 4) is 0 Å². The van der Waals surface area contributed by atoms with Crippen molar-refractivity contribution in [3.63, 3.8) is 0 Å². The van der Waals surface area contributed by atoms with Crippen LogP contribution in [-0.2, 0) is 6.42 Å². The highest BCUT2D eigenvalue weighted by Gasteiger charge is 1.95. The number of hydrogen-bond acceptors (Lipinski definition) is 4. The molecule has 72 valence electrons. The molecule has 2 aromatic heterocycles. The van der Waals surface area contributed by atoms with Crippen molar-refractivity contribution in [1.82, 2.24) is 10.2 Å². The molecule has 2 rings (SSSR count). The van der Waals surface area contributed by atoms with E-state index >= 15 is 0 Å². The van der Waals surface area contributed by atoms with Crippen molar-refractivity contribution in [2.45, 2.75) is 6.42 Å². The molecule has 4 heteroatoms. The topological polar surface area (TPSA) is 51.0 Å². The molecule has 0 fully saturated rings. The van der Waals surface area contributed by atoms with Crippen LogP contribution in [0.2, 0.25) is 0 Å². The summed E-state index contributed by atoms with van der Waals surface area (Å²) < 4.78 is 4.96. The van der Waals surface area contributed by atoms with Gasteiger partial charge in [0.2, 0.25) is 0 Å². The Morgan fingerprint density at radius 2 is 2.36 bits per heavy atom. The van der Waals surface area contributed by atoms with E-state index in [1.165, 1.54) is 5.56 Å². The van der Waals surface area contributed by atoms with E-state index in [0.717, 1.165) is 18.8 Å². The van der Waals surface area contributed by atoms with Crippen molar-refractivity contribution in [2.75, 3.05) is 11.9 Å². The summed E-state index contributed by atoms with van der Waals surface area (Å²) in [4.78, 5) is 0. The van der Waals surface area contributed by atoms with Crippen molar-refractivity contribution >= 4 is 5.82 Å². The molecule has 4 nitrogen and oxygen atoms in total. The fraction of sp³-hybridized carbons (Fsp3) is 0.200. The van der Waals surface area contributed by atoms with Crippen LogP contribution < -0.4 is 5.32 Å². The van der Waals surface area contributed by atoms with Gasteiger partial charge in [0.05, 0.1) is 12.5 Å². The summed E-state index contributed by atoms with van der Waals surface area (Å²) in [5.74, 6) is 0.802. The van der Waals surface area contributed by atoms with Crippen LogP contribution in [0.25, 0.3) is 0 Å². The van der Waals surface area contributed by atoms with Crippen molar-refractivity contribution in [1.29, 1.82) is 0 Å². The van der Waals surface area contributed by atoms with E-state index < -0.39 is 0 Å². The van der Waals surface area contributed by atoms with Gasteiger partial charge in [-0.3, -0.25) is 0 Å². The van der Waals surface area contributed by atoms with Crippen molar-refractivity contribution < 1.29 is 4.42 Å². The van der Waals surface area contributed by atoms with Gasteiger partial charge in [-0.25, -0.2) is 0 Å². The van der Waals surface area contributed by atoms with E-state index in [-0.39, 0.29) is 0 Å². The molecule has 14 heavy (non-hydrogen) atoms. The fourth-order valence-corrected chi connectivity index (χ4v) is 1.17. The Hall–Kier alpha value is -1.84. The first kappa shape index (κ1) is 8.74. The van der Waals surface area contributed by atoms with Crippen LogP contribution in [0.1, 0.15) is 5.56 Å². The quantitative estimate of drug-likeness (QED) is 0.795. The summed E-state index contributed by atoms with van der Waals surface area (Å²) in [6.07, 6.45) is 6.00. The van der Waals surface area contributed by atoms with E-state index in [2.05, 4.69) is 15.5 Å². The molecule has 0 aliphatic carbocycles. The van der Waals surface area contributed by atoms with Crippen LogP contribution in [0, 0.1) is 0 Å². The third kappa shape index (κ3) is 2.32. The van der Waals surface area contributed by atoms with Crippen molar-refractivity contribution in [2.24, 2.45) is 0 Å². The number of furan rings is 1. The molecule has 0 aliphatic rings. The highest BCUT2D eigenvalue weighted by molar-refractivity contribution is 5.31. The molecule has 0 atom stereocenters. The second-order valence-electron chi connectivity index (χ2n) is 2.92. The average Bonchev–Trinajstić information content (AvgIpc) is 2.72. The highest BCUT2D eigenvalue weighted by atomic mass is 16.3. The van der Waals surface area contributed by atoms with Gasteiger partial charge in [-0.1, -0.05) is 0 Å². The second kappa shape index (κ2) is 4.41. The van der Waals surface area contributed by atoms with Crippen LogP contribution in [0.15, 0.2) is 41.3 Å². The Morgan fingerprint density at radius 3 is 3.07 bits per heavy atom. The normalized spacial score (nSPS) is 10.0. The van der Waals surface area contributed by atoms with Gasteiger partial charge < -0.3 is 9.73 Å². The summed E-state index contributed by atoms with van der Waals surface area (Å²) in [7, 11) is 0. The molecular weight excluding hydrogens is 178 g/mol. The Bertz CT molecular complexity index is 358. The van der Waals surface area contributed by atoms with Gasteiger partial charge in [0.1, 0.15) is 5.82 Å². The standard InChI is InChI=1S/C10H11N3O/c1-2-10(13-12-5-1)11-6-3-9-4-7-14-8-9/h1-2,4-5,7-8H,3,6H2,(H,11,13). The molecular formula is C10H11N3O. The van der Waals surface area contributed by atoms with E-state index in [1.807, 2.05) is 18.2 Å². The molecule has 0 saturated heterocycles. The van der Waals surface area contributed by atoms with Crippen LogP contribution in [0.3, 0.4) is 0 Å². The Labute approximate surface area is 82.0 Å². The SMILES string of the molecule is c1cnnc(NCCc2ccoc2)c1. The van der Waals surface area contributed by atoms with E-state index in [0.29, 0.717) is 0 Å². The maximum Gasteiger partial charge on any atom is 0.148 e. The van der Waals surface area contributed by atoms with Crippen LogP contribution in [0.4, 0.5) is 5.82 Å². The first-order valence-corrected chi connectivity index (χ1v) is 4.48. The highest BCUT2D eigenvalue weighted by Crippen LogP contribution is 2.02. The zero-order valence-electron chi connectivity index (χ0n) is 7.68. The lowest BCUT2D eigenvalue weighted by Gasteiger charge is -2.01. The van der Waals surface area contributed by atoms with Gasteiger partial charge >= 0.3 is 0 Å². The molecule has 0 radical (unpaired) electrons. The number of anilines is 1. The zero-order chi connectivity index (χ0) is 9.64. The lowest BCUT2D eigenvalue weighted by atomic mass is 10.2. The minimum absolute atomic E-state index is 0.802. The summed E-state index contributed by atoms with van der Waals surface area (Å²) >= 11 is 0. The van der Waals surface area contributed by atoms with Crippen LogP contribution in [0.5, 0.6) is 0 Å². The van der Waals surface area contributed by atoms with Gasteiger partial charge in [-0.05, 0) is 30.2 Å². The largest absolute Gasteiger partial charge is 0.472 e. The fourth-order valence-electron chi connectivity index (χ4n) is 1.17. The van der Waals surface area contributed by atoms with Gasteiger partial charge in [-0.2, -0.15) is 5.10 Å². The summed E-state index contributed by atoms with van der Waals surface area (Å²) in [5.41, 5.74) is 1.18. The Morgan fingerprint density at radius 1 is 1.36 bits per heavy atom. The molecule has 0 unspecified atom stereocenters. The number of nitrogens with zero attached hydrogens (tertiary/aromatic N) is 2. The molecule has 1 N–H and O–H groups in total. The van der Waals surface area contributed by atoms with E-state index in [4.69, 9.17) is 4.42 Å². The van der Waals surface area contributed by atoms with Crippen LogP contribution in [-0.4, -0.2) is 16.7 Å². The molecule has 0 saturated carbocycles. The van der Waals surface area contributed by atoms with E-state index in [9.17, 15) is 0 Å². The van der Waals surface area contributed by atoms with Gasteiger partial charge in [-0.15, -0.1) is 5.10 Å². The predicted octanol–water partition coefficient (Wildman–Crippen LogP) is 1.72. The maximum atomic E-state index is 4.96. The molecule has 2 aromatic rings. The van der Waals surface area contributed by atoms with Gasteiger partial charge in [0, 0.05) is 12.7 Å². The van der Waals surface area contributed by atoms with E-state index in [1.54, 1.807) is 18.7 Å².